The second-order valence-corrected chi connectivity index (χ2v) is 7.87. The number of halogens is 2. The number of hydrogen-bond donors (Lipinski definition) is 2. The molecule has 2 aromatic carbocycles. The van der Waals surface area contributed by atoms with Gasteiger partial charge < -0.3 is 15.5 Å². The van der Waals surface area contributed by atoms with Crippen molar-refractivity contribution >= 4 is 41.5 Å². The number of anilines is 1. The summed E-state index contributed by atoms with van der Waals surface area (Å²) in [5.41, 5.74) is 2.69. The van der Waals surface area contributed by atoms with Crippen molar-refractivity contribution < 1.29 is 9.59 Å². The minimum Gasteiger partial charge on any atom is -0.333 e. The van der Waals surface area contributed by atoms with Gasteiger partial charge in [-0.25, -0.2) is 0 Å². The Kier molecular flexibility index (Phi) is 7.17. The predicted octanol–water partition coefficient (Wildman–Crippen LogP) is 3.83. The zero-order valence-corrected chi connectivity index (χ0v) is 17.6. The second kappa shape index (κ2) is 9.61. The van der Waals surface area contributed by atoms with E-state index >= 15 is 0 Å². The minimum absolute atomic E-state index is 0. The van der Waals surface area contributed by atoms with Crippen LogP contribution >= 0.6 is 24.0 Å². The third-order valence-electron chi connectivity index (χ3n) is 5.35. The van der Waals surface area contributed by atoms with Gasteiger partial charge in [0.2, 0.25) is 11.8 Å². The van der Waals surface area contributed by atoms with Crippen LogP contribution in [0.5, 0.6) is 0 Å². The molecule has 7 heteroatoms. The van der Waals surface area contributed by atoms with Crippen LogP contribution in [0, 0.1) is 5.92 Å². The first-order valence-corrected chi connectivity index (χ1v) is 10.1. The summed E-state index contributed by atoms with van der Waals surface area (Å²) in [5.74, 6) is 0.351. The molecule has 1 unspecified atom stereocenters. The minimum atomic E-state index is -0.0629. The molecule has 2 fully saturated rings. The Labute approximate surface area is 182 Å². The smallest absolute Gasteiger partial charge is 0.227 e. The van der Waals surface area contributed by atoms with E-state index in [-0.39, 0.29) is 36.2 Å². The van der Waals surface area contributed by atoms with E-state index in [0.717, 1.165) is 36.2 Å². The van der Waals surface area contributed by atoms with Crippen LogP contribution in [0.1, 0.15) is 30.0 Å². The molecule has 1 atom stereocenters. The average molecular weight is 434 g/mol. The Balaban J connectivity index is 0.00000240. The largest absolute Gasteiger partial charge is 0.333 e. The van der Waals surface area contributed by atoms with Crippen molar-refractivity contribution in [1.82, 2.24) is 10.2 Å². The number of hydrogen-bond acceptors (Lipinski definition) is 3. The van der Waals surface area contributed by atoms with Crippen LogP contribution in [0.3, 0.4) is 0 Å². The van der Waals surface area contributed by atoms with Gasteiger partial charge in [0, 0.05) is 36.3 Å². The number of benzene rings is 2. The van der Waals surface area contributed by atoms with Crippen LogP contribution in [0.25, 0.3) is 0 Å². The first-order chi connectivity index (χ1) is 13.6. The fourth-order valence-corrected chi connectivity index (χ4v) is 3.86. The van der Waals surface area contributed by atoms with E-state index in [9.17, 15) is 9.59 Å². The van der Waals surface area contributed by atoms with E-state index < -0.39 is 0 Å². The Morgan fingerprint density at radius 3 is 2.52 bits per heavy atom. The quantitative estimate of drug-likeness (QED) is 0.752. The average Bonchev–Trinajstić information content (AvgIpc) is 3.55. The van der Waals surface area contributed by atoms with Crippen LogP contribution in [0.4, 0.5) is 5.69 Å². The van der Waals surface area contributed by atoms with Crippen molar-refractivity contribution in [3.8, 4) is 0 Å². The van der Waals surface area contributed by atoms with Crippen LogP contribution in [-0.4, -0.2) is 36.3 Å². The molecule has 0 radical (unpaired) electrons. The maximum atomic E-state index is 13.0. The predicted molar refractivity (Wildman–Crippen MR) is 118 cm³/mol. The number of carbonyl (C=O) groups is 2. The van der Waals surface area contributed by atoms with Crippen LogP contribution in [0.15, 0.2) is 48.5 Å². The molecule has 154 valence electrons. The molecule has 0 bridgehead atoms. The number of piperazine rings is 1. The highest BCUT2D eigenvalue weighted by molar-refractivity contribution is 6.31. The number of rotatable bonds is 5. The summed E-state index contributed by atoms with van der Waals surface area (Å²) in [6.07, 6.45) is 2.29. The van der Waals surface area contributed by atoms with E-state index in [4.69, 9.17) is 11.6 Å². The van der Waals surface area contributed by atoms with Gasteiger partial charge in [-0.05, 0) is 42.2 Å². The SMILES string of the molecule is Cl.O=C(Nc1ccc(CC(=O)N2CCNCC2c2ccccc2Cl)cc1)C1CC1. The van der Waals surface area contributed by atoms with Crippen molar-refractivity contribution in [1.29, 1.82) is 0 Å². The summed E-state index contributed by atoms with van der Waals surface area (Å²) >= 11 is 6.37. The third-order valence-corrected chi connectivity index (χ3v) is 5.70. The zero-order chi connectivity index (χ0) is 19.5. The van der Waals surface area contributed by atoms with E-state index in [2.05, 4.69) is 10.6 Å². The summed E-state index contributed by atoms with van der Waals surface area (Å²) in [6, 6.07) is 15.2. The maximum absolute atomic E-state index is 13.0. The topological polar surface area (TPSA) is 61.4 Å². The third kappa shape index (κ3) is 5.30. The van der Waals surface area contributed by atoms with E-state index in [0.29, 0.717) is 24.5 Å². The molecule has 4 rings (SSSR count). The first-order valence-electron chi connectivity index (χ1n) is 9.76. The van der Waals surface area contributed by atoms with Crippen LogP contribution in [-0.2, 0) is 16.0 Å². The standard InChI is InChI=1S/C22H24ClN3O2.ClH/c23-19-4-2-1-3-18(19)20-14-24-11-12-26(20)21(27)13-15-5-9-17(10-6-15)25-22(28)16-7-8-16;/h1-6,9-10,16,20,24H,7-8,11-14H2,(H,25,28);1H. The maximum Gasteiger partial charge on any atom is 0.227 e. The molecule has 2 N–H and O–H groups in total. The number of nitrogens with one attached hydrogen (secondary N) is 2. The molecule has 1 saturated carbocycles. The molecule has 2 aromatic rings. The highest BCUT2D eigenvalue weighted by atomic mass is 35.5. The molecule has 5 nitrogen and oxygen atoms in total. The van der Waals surface area contributed by atoms with Crippen LogP contribution < -0.4 is 10.6 Å². The van der Waals surface area contributed by atoms with Gasteiger partial charge in [-0.3, -0.25) is 9.59 Å². The molecule has 1 aliphatic carbocycles. The lowest BCUT2D eigenvalue weighted by Crippen LogP contribution is -2.49. The highest BCUT2D eigenvalue weighted by Gasteiger charge is 2.30. The summed E-state index contributed by atoms with van der Waals surface area (Å²) in [4.78, 5) is 26.8. The van der Waals surface area contributed by atoms with Gasteiger partial charge in [0.05, 0.1) is 12.5 Å². The van der Waals surface area contributed by atoms with Crippen molar-refractivity contribution in [2.45, 2.75) is 25.3 Å². The van der Waals surface area contributed by atoms with Gasteiger partial charge in [0.15, 0.2) is 0 Å². The van der Waals surface area contributed by atoms with Crippen molar-refractivity contribution in [3.05, 3.63) is 64.7 Å². The molecule has 1 heterocycles. The van der Waals surface area contributed by atoms with Gasteiger partial charge >= 0.3 is 0 Å². The molecule has 0 spiro atoms. The molecular weight excluding hydrogens is 409 g/mol. The number of amides is 2. The Morgan fingerprint density at radius 1 is 1.10 bits per heavy atom. The van der Waals surface area contributed by atoms with E-state index in [1.807, 2.05) is 53.4 Å². The lowest BCUT2D eigenvalue weighted by molar-refractivity contribution is -0.133. The first kappa shape index (κ1) is 21.6. The van der Waals surface area contributed by atoms with Crippen molar-refractivity contribution in [2.75, 3.05) is 25.0 Å². The molecule has 0 aromatic heterocycles. The zero-order valence-electron chi connectivity index (χ0n) is 16.1. The van der Waals surface area contributed by atoms with Crippen LogP contribution in [0.2, 0.25) is 5.02 Å². The second-order valence-electron chi connectivity index (χ2n) is 7.47. The Hall–Kier alpha value is -2.08. The molecule has 29 heavy (non-hydrogen) atoms. The molecule has 1 saturated heterocycles. The van der Waals surface area contributed by atoms with Gasteiger partial charge in [0.25, 0.3) is 0 Å². The van der Waals surface area contributed by atoms with E-state index in [1.165, 1.54) is 0 Å². The van der Waals surface area contributed by atoms with Gasteiger partial charge in [0.1, 0.15) is 0 Å². The van der Waals surface area contributed by atoms with Gasteiger partial charge in [-0.15, -0.1) is 12.4 Å². The molecule has 1 aliphatic heterocycles. The summed E-state index contributed by atoms with van der Waals surface area (Å²) < 4.78 is 0. The summed E-state index contributed by atoms with van der Waals surface area (Å²) in [5, 5.41) is 6.97. The van der Waals surface area contributed by atoms with Crippen molar-refractivity contribution in [3.63, 3.8) is 0 Å². The molecule has 2 aliphatic rings. The summed E-state index contributed by atoms with van der Waals surface area (Å²) in [6.45, 7) is 2.13. The monoisotopic (exact) mass is 433 g/mol. The molecule has 2 amide bonds. The summed E-state index contributed by atoms with van der Waals surface area (Å²) in [7, 11) is 0. The van der Waals surface area contributed by atoms with E-state index in [1.54, 1.807) is 0 Å². The van der Waals surface area contributed by atoms with Gasteiger partial charge in [-0.1, -0.05) is 41.9 Å². The fraction of sp³-hybridized carbons (Fsp3) is 0.364. The number of carbonyl (C=O) groups excluding carboxylic acids is 2. The lowest BCUT2D eigenvalue weighted by Gasteiger charge is -2.37. The number of nitrogens with zero attached hydrogens (tertiary/aromatic N) is 1. The Bertz CT molecular complexity index is 869. The normalized spacial score (nSPS) is 18.7. The fourth-order valence-electron chi connectivity index (χ4n) is 3.60. The lowest BCUT2D eigenvalue weighted by atomic mass is 10.0. The highest BCUT2D eigenvalue weighted by Crippen LogP contribution is 2.31. The van der Waals surface area contributed by atoms with Crippen molar-refractivity contribution in [2.24, 2.45) is 5.92 Å². The Morgan fingerprint density at radius 2 is 1.83 bits per heavy atom. The molecular formula is C22H25Cl2N3O2. The van der Waals surface area contributed by atoms with Gasteiger partial charge in [-0.2, -0.15) is 0 Å².